The average molecular weight is 404 g/mol. The van der Waals surface area contributed by atoms with Gasteiger partial charge in [-0.1, -0.05) is 0 Å². The van der Waals surface area contributed by atoms with Crippen LogP contribution >= 0.6 is 0 Å². The van der Waals surface area contributed by atoms with Gasteiger partial charge in [0.05, 0.1) is 24.3 Å². The summed E-state index contributed by atoms with van der Waals surface area (Å²) in [5.74, 6) is -3.00. The Hall–Kier alpha value is -3.83. The molecular formula is C17H14F2N6O4. The van der Waals surface area contributed by atoms with Crippen LogP contribution in [0.25, 0.3) is 11.3 Å². The Morgan fingerprint density at radius 3 is 2.66 bits per heavy atom. The third kappa shape index (κ3) is 3.63. The number of nitrogens with zero attached hydrogens (tertiary/aromatic N) is 3. The minimum Gasteiger partial charge on any atom is -0.482 e. The van der Waals surface area contributed by atoms with Gasteiger partial charge in [-0.05, 0) is 18.2 Å². The highest BCUT2D eigenvalue weighted by atomic mass is 19.3. The Kier molecular flexibility index (Phi) is 4.45. The van der Waals surface area contributed by atoms with E-state index in [-0.39, 0.29) is 29.2 Å². The van der Waals surface area contributed by atoms with E-state index in [4.69, 9.17) is 4.74 Å². The smallest absolute Gasteiger partial charge is 0.325 e. The first-order valence-corrected chi connectivity index (χ1v) is 8.45. The fourth-order valence-corrected chi connectivity index (χ4v) is 3.01. The molecular weight excluding hydrogens is 390 g/mol. The summed E-state index contributed by atoms with van der Waals surface area (Å²) in [6.45, 7) is -1.01. The molecule has 1 atom stereocenters. The van der Waals surface area contributed by atoms with Gasteiger partial charge in [0.1, 0.15) is 11.4 Å². The molecule has 12 heteroatoms. The van der Waals surface area contributed by atoms with E-state index in [0.29, 0.717) is 0 Å². The van der Waals surface area contributed by atoms with Crippen molar-refractivity contribution < 1.29 is 13.5 Å². The molecule has 1 saturated heterocycles. The van der Waals surface area contributed by atoms with Crippen molar-refractivity contribution >= 4 is 5.69 Å². The van der Waals surface area contributed by atoms with Gasteiger partial charge in [0, 0.05) is 18.6 Å². The van der Waals surface area contributed by atoms with Crippen molar-refractivity contribution in [1.29, 1.82) is 0 Å². The third-order valence-electron chi connectivity index (χ3n) is 4.41. The first-order valence-electron chi connectivity index (χ1n) is 8.45. The molecule has 1 unspecified atom stereocenters. The second-order valence-corrected chi connectivity index (χ2v) is 6.38. The third-order valence-corrected chi connectivity index (χ3v) is 4.41. The number of pyridine rings is 1. The lowest BCUT2D eigenvalue weighted by atomic mass is 10.2. The number of hydrogen-bond donors (Lipinski definition) is 3. The Bertz CT molecular complexity index is 1210. The minimum absolute atomic E-state index is 0.0129. The number of H-pyrrole nitrogens is 3. The van der Waals surface area contributed by atoms with E-state index in [1.807, 2.05) is 4.98 Å². The maximum Gasteiger partial charge on any atom is 0.325 e. The molecule has 0 amide bonds. The number of aromatic amines is 3. The second kappa shape index (κ2) is 6.96. The summed E-state index contributed by atoms with van der Waals surface area (Å²) in [7, 11) is 0. The van der Waals surface area contributed by atoms with Crippen molar-refractivity contribution in [2.45, 2.75) is 12.0 Å². The standard InChI is InChI=1S/C17H14F2N6O4/c18-17(19)8-25(7-13(17)29-9-1-3-20-4-2-9)12-5-11(23-24-15(12)27)10-6-21-16(28)22-14(10)26/h1-6,13H,7-8H2,(H,24,27)(H2,21,22,26,28). The molecule has 1 aliphatic rings. The predicted molar refractivity (Wildman–Crippen MR) is 97.3 cm³/mol. The van der Waals surface area contributed by atoms with Gasteiger partial charge < -0.3 is 14.6 Å². The number of hydrogen-bond acceptors (Lipinski definition) is 7. The lowest BCUT2D eigenvalue weighted by Gasteiger charge is -2.18. The molecule has 10 nitrogen and oxygen atoms in total. The van der Waals surface area contributed by atoms with Gasteiger partial charge in [0.2, 0.25) is 0 Å². The zero-order valence-corrected chi connectivity index (χ0v) is 14.7. The van der Waals surface area contributed by atoms with Crippen molar-refractivity contribution in [3.8, 4) is 17.0 Å². The minimum atomic E-state index is -3.23. The highest BCUT2D eigenvalue weighted by Gasteiger charge is 2.50. The molecule has 3 aromatic heterocycles. The van der Waals surface area contributed by atoms with Crippen molar-refractivity contribution in [2.24, 2.45) is 0 Å². The largest absolute Gasteiger partial charge is 0.482 e. The number of halogens is 2. The van der Waals surface area contributed by atoms with Gasteiger partial charge >= 0.3 is 11.6 Å². The zero-order chi connectivity index (χ0) is 20.6. The van der Waals surface area contributed by atoms with Crippen LogP contribution in [0.5, 0.6) is 5.75 Å². The van der Waals surface area contributed by atoms with E-state index < -0.39 is 35.4 Å². The Morgan fingerprint density at radius 1 is 1.17 bits per heavy atom. The average Bonchev–Trinajstić information content (AvgIpc) is 2.97. The molecule has 0 radical (unpaired) electrons. The second-order valence-electron chi connectivity index (χ2n) is 6.38. The summed E-state index contributed by atoms with van der Waals surface area (Å²) >= 11 is 0. The molecule has 0 aromatic carbocycles. The number of aromatic nitrogens is 5. The topological polar surface area (TPSA) is 137 Å². The van der Waals surface area contributed by atoms with Gasteiger partial charge in [-0.15, -0.1) is 0 Å². The molecule has 3 aromatic rings. The molecule has 29 heavy (non-hydrogen) atoms. The van der Waals surface area contributed by atoms with Crippen LogP contribution < -0.4 is 26.4 Å². The summed E-state index contributed by atoms with van der Waals surface area (Å²) < 4.78 is 34.4. The van der Waals surface area contributed by atoms with Crippen LogP contribution in [-0.4, -0.2) is 50.3 Å². The van der Waals surface area contributed by atoms with Crippen LogP contribution in [0.15, 0.2) is 51.2 Å². The Balaban J connectivity index is 1.65. The van der Waals surface area contributed by atoms with Crippen molar-refractivity contribution in [3.05, 3.63) is 68.0 Å². The normalized spacial score (nSPS) is 18.0. The van der Waals surface area contributed by atoms with Gasteiger partial charge in [0.15, 0.2) is 6.10 Å². The first kappa shape index (κ1) is 18.5. The lowest BCUT2D eigenvalue weighted by molar-refractivity contribution is -0.0594. The van der Waals surface area contributed by atoms with Crippen LogP contribution in [0.3, 0.4) is 0 Å². The van der Waals surface area contributed by atoms with E-state index in [2.05, 4.69) is 20.2 Å². The summed E-state index contributed by atoms with van der Waals surface area (Å²) in [5, 5.41) is 5.95. The molecule has 0 spiro atoms. The van der Waals surface area contributed by atoms with Crippen LogP contribution in [0.4, 0.5) is 14.5 Å². The Morgan fingerprint density at radius 2 is 1.93 bits per heavy atom. The van der Waals surface area contributed by atoms with Crippen molar-refractivity contribution in [1.82, 2.24) is 25.1 Å². The zero-order valence-electron chi connectivity index (χ0n) is 14.7. The molecule has 3 N–H and O–H groups in total. The monoisotopic (exact) mass is 404 g/mol. The molecule has 150 valence electrons. The number of anilines is 1. The molecule has 1 fully saturated rings. The van der Waals surface area contributed by atoms with Crippen LogP contribution in [-0.2, 0) is 0 Å². The van der Waals surface area contributed by atoms with Crippen LogP contribution in [0, 0.1) is 0 Å². The molecule has 4 rings (SSSR count). The molecule has 0 saturated carbocycles. The van der Waals surface area contributed by atoms with Crippen LogP contribution in [0.2, 0.25) is 0 Å². The van der Waals surface area contributed by atoms with E-state index in [0.717, 1.165) is 11.1 Å². The number of rotatable bonds is 4. The Labute approximate surface area is 160 Å². The predicted octanol–water partition coefficient (Wildman–Crippen LogP) is 0.111. The molecule has 0 aliphatic carbocycles. The molecule has 4 heterocycles. The summed E-state index contributed by atoms with van der Waals surface area (Å²) in [4.78, 5) is 44.6. The molecule has 1 aliphatic heterocycles. The summed E-state index contributed by atoms with van der Waals surface area (Å²) in [6.07, 6.45) is 2.47. The molecule has 0 bridgehead atoms. The number of alkyl halides is 2. The van der Waals surface area contributed by atoms with E-state index in [1.54, 1.807) is 0 Å². The summed E-state index contributed by atoms with van der Waals surface area (Å²) in [6, 6.07) is 4.13. The quantitative estimate of drug-likeness (QED) is 0.561. The fraction of sp³-hybridized carbons (Fsp3) is 0.235. The van der Waals surface area contributed by atoms with Crippen molar-refractivity contribution in [2.75, 3.05) is 18.0 Å². The van der Waals surface area contributed by atoms with E-state index in [1.165, 1.54) is 30.6 Å². The maximum atomic E-state index is 14.5. The lowest BCUT2D eigenvalue weighted by Crippen LogP contribution is -2.36. The van der Waals surface area contributed by atoms with Gasteiger partial charge in [0.25, 0.3) is 11.1 Å². The van der Waals surface area contributed by atoms with E-state index in [9.17, 15) is 23.2 Å². The van der Waals surface area contributed by atoms with Gasteiger partial charge in [-0.2, -0.15) is 5.10 Å². The van der Waals surface area contributed by atoms with Crippen molar-refractivity contribution in [3.63, 3.8) is 0 Å². The maximum absolute atomic E-state index is 14.5. The van der Waals surface area contributed by atoms with Gasteiger partial charge in [-0.25, -0.2) is 18.7 Å². The SMILES string of the molecule is O=c1[nH]cc(-c2cc(N3CC(Oc4ccncc4)C(F)(F)C3)c(=O)[nH]n2)c(=O)[nH]1. The highest BCUT2D eigenvalue weighted by molar-refractivity contribution is 5.62. The van der Waals surface area contributed by atoms with Crippen LogP contribution in [0.1, 0.15) is 0 Å². The van der Waals surface area contributed by atoms with E-state index >= 15 is 0 Å². The fourth-order valence-electron chi connectivity index (χ4n) is 3.01. The highest BCUT2D eigenvalue weighted by Crippen LogP contribution is 2.33. The summed E-state index contributed by atoms with van der Waals surface area (Å²) in [5.41, 5.74) is -2.25. The first-order chi connectivity index (χ1) is 13.8. The number of nitrogens with one attached hydrogen (secondary N) is 3. The van der Waals surface area contributed by atoms with Gasteiger partial charge in [-0.3, -0.25) is 19.6 Å². The number of ether oxygens (including phenoxy) is 1.